The summed E-state index contributed by atoms with van der Waals surface area (Å²) in [5.41, 5.74) is 3.68. The summed E-state index contributed by atoms with van der Waals surface area (Å²) in [5.74, 6) is 3.16. The minimum absolute atomic E-state index is 0.177. The molecule has 0 aromatic rings. The Hall–Kier alpha value is -0.890. The zero-order chi connectivity index (χ0) is 23.5. The van der Waals surface area contributed by atoms with Gasteiger partial charge in [0.2, 0.25) is 0 Å². The molecule has 0 aromatic heterocycles. The monoisotopic (exact) mass is 440 g/mol. The van der Waals surface area contributed by atoms with Gasteiger partial charge in [-0.25, -0.2) is 0 Å². The lowest BCUT2D eigenvalue weighted by Gasteiger charge is -2.63. The number of fused-ring (bicyclic) bond motifs is 5. The van der Waals surface area contributed by atoms with E-state index in [4.69, 9.17) is 0 Å². The van der Waals surface area contributed by atoms with Crippen molar-refractivity contribution in [3.63, 3.8) is 0 Å². The molecule has 0 aromatic carbocycles. The van der Waals surface area contributed by atoms with Crippen LogP contribution in [0.25, 0.3) is 0 Å². The van der Waals surface area contributed by atoms with E-state index in [0.717, 1.165) is 43.1 Å². The smallest absolute Gasteiger partial charge is 0.138 e. The third-order valence-corrected chi connectivity index (χ3v) is 11.7. The summed E-state index contributed by atoms with van der Waals surface area (Å²) >= 11 is 0. The summed E-state index contributed by atoms with van der Waals surface area (Å²) in [4.78, 5) is 12.8. The van der Waals surface area contributed by atoms with Crippen LogP contribution in [0.5, 0.6) is 0 Å². The Morgan fingerprint density at radius 1 is 1.16 bits per heavy atom. The molecule has 4 aliphatic carbocycles. The van der Waals surface area contributed by atoms with Crippen LogP contribution in [0.1, 0.15) is 106 Å². The van der Waals surface area contributed by atoms with Crippen LogP contribution in [0.3, 0.4) is 0 Å². The number of hydrogen-bond acceptors (Lipinski definition) is 2. The number of Topliss-reactive ketones (excluding diaryl/α,β-unsaturated/α-hetero) is 1. The quantitative estimate of drug-likeness (QED) is 0.449. The first-order chi connectivity index (χ1) is 14.9. The second-order valence-electron chi connectivity index (χ2n) is 13.3. The Balaban J connectivity index is 1.60. The molecule has 1 unspecified atom stereocenters. The average Bonchev–Trinajstić information content (AvgIpc) is 3.02. The molecule has 0 radical (unpaired) electrons. The molecule has 0 amide bonds. The molecule has 0 saturated heterocycles. The Morgan fingerprint density at radius 3 is 2.56 bits per heavy atom. The van der Waals surface area contributed by atoms with Crippen molar-refractivity contribution in [1.29, 1.82) is 0 Å². The SMILES string of the molecule is CC(=CCC[C@@H](C)[C@H]1CC[C@@]2(C)C3=CCC4C(C)(C)C(=O)CC[C@]4(C)[C@@H]3CC[C@]12C)CO. The molecule has 1 N–H and O–H groups in total. The molecule has 0 bridgehead atoms. The van der Waals surface area contributed by atoms with Crippen molar-refractivity contribution in [2.24, 2.45) is 45.3 Å². The highest BCUT2D eigenvalue weighted by molar-refractivity contribution is 5.85. The lowest BCUT2D eigenvalue weighted by molar-refractivity contribution is -0.146. The summed E-state index contributed by atoms with van der Waals surface area (Å²) < 4.78 is 0. The van der Waals surface area contributed by atoms with Gasteiger partial charge in [0.15, 0.2) is 0 Å². The molecule has 2 nitrogen and oxygen atoms in total. The van der Waals surface area contributed by atoms with Gasteiger partial charge >= 0.3 is 0 Å². The van der Waals surface area contributed by atoms with Gasteiger partial charge in [0, 0.05) is 11.8 Å². The van der Waals surface area contributed by atoms with Crippen LogP contribution in [0.2, 0.25) is 0 Å². The maximum Gasteiger partial charge on any atom is 0.138 e. The Morgan fingerprint density at radius 2 is 1.88 bits per heavy atom. The van der Waals surface area contributed by atoms with Crippen molar-refractivity contribution in [3.8, 4) is 0 Å². The summed E-state index contributed by atoms with van der Waals surface area (Å²) in [6.45, 7) is 16.9. The molecule has 0 spiro atoms. The standard InChI is InChI=1S/C30H48O2/c1-20(19-31)9-8-10-21(2)22-13-17-30(7)24-11-12-25-27(3,4)26(32)15-16-28(25,5)23(24)14-18-29(22,30)6/h9,11,21-23,25,31H,8,10,12-19H2,1-7H3/t21-,22-,23-,25?,28-,29-,30+/m1/s1. The Kier molecular flexibility index (Phi) is 6.14. The number of aliphatic hydroxyl groups excluding tert-OH is 1. The van der Waals surface area contributed by atoms with E-state index in [2.05, 4.69) is 53.7 Å². The summed E-state index contributed by atoms with van der Waals surface area (Å²) in [5, 5.41) is 9.31. The number of aliphatic hydroxyl groups is 1. The van der Waals surface area contributed by atoms with Crippen molar-refractivity contribution in [3.05, 3.63) is 23.3 Å². The van der Waals surface area contributed by atoms with Gasteiger partial charge in [-0.2, -0.15) is 0 Å². The van der Waals surface area contributed by atoms with Gasteiger partial charge in [0.1, 0.15) is 5.78 Å². The van der Waals surface area contributed by atoms with Crippen LogP contribution in [0.4, 0.5) is 0 Å². The minimum Gasteiger partial charge on any atom is -0.392 e. The van der Waals surface area contributed by atoms with E-state index < -0.39 is 0 Å². The first-order valence-corrected chi connectivity index (χ1v) is 13.4. The molecule has 32 heavy (non-hydrogen) atoms. The molecule has 3 saturated carbocycles. The van der Waals surface area contributed by atoms with Crippen LogP contribution >= 0.6 is 0 Å². The highest BCUT2D eigenvalue weighted by Gasteiger charge is 2.65. The topological polar surface area (TPSA) is 37.3 Å². The zero-order valence-electron chi connectivity index (χ0n) is 21.9. The van der Waals surface area contributed by atoms with Gasteiger partial charge in [-0.15, -0.1) is 0 Å². The van der Waals surface area contributed by atoms with Crippen LogP contribution in [0.15, 0.2) is 23.3 Å². The highest BCUT2D eigenvalue weighted by atomic mass is 16.3. The van der Waals surface area contributed by atoms with Gasteiger partial charge in [-0.05, 0) is 98.2 Å². The fourth-order valence-corrected chi connectivity index (χ4v) is 9.32. The highest BCUT2D eigenvalue weighted by Crippen LogP contribution is 2.73. The van der Waals surface area contributed by atoms with E-state index in [1.807, 2.05) is 6.92 Å². The predicted molar refractivity (Wildman–Crippen MR) is 133 cm³/mol. The van der Waals surface area contributed by atoms with E-state index >= 15 is 0 Å². The van der Waals surface area contributed by atoms with Gasteiger partial charge < -0.3 is 5.11 Å². The maximum atomic E-state index is 12.8. The number of ketones is 1. The van der Waals surface area contributed by atoms with Crippen molar-refractivity contribution in [2.75, 3.05) is 6.61 Å². The predicted octanol–water partition coefficient (Wildman–Crippen LogP) is 7.52. The zero-order valence-corrected chi connectivity index (χ0v) is 21.9. The lowest BCUT2D eigenvalue weighted by Crippen LogP contribution is -2.57. The average molecular weight is 441 g/mol. The third kappa shape index (κ3) is 3.33. The van der Waals surface area contributed by atoms with Gasteiger partial charge in [0.05, 0.1) is 6.61 Å². The molecule has 0 heterocycles. The molecular formula is C30H48O2. The molecule has 4 aliphatic rings. The molecule has 3 fully saturated rings. The normalized spacial score (nSPS) is 44.4. The fraction of sp³-hybridized carbons (Fsp3) is 0.833. The van der Waals surface area contributed by atoms with E-state index in [1.54, 1.807) is 5.57 Å². The van der Waals surface area contributed by atoms with E-state index in [9.17, 15) is 9.90 Å². The molecule has 4 rings (SSSR count). The van der Waals surface area contributed by atoms with Crippen molar-refractivity contribution in [2.45, 2.75) is 106 Å². The Labute approximate surface area is 197 Å². The number of carbonyl (C=O) groups excluding carboxylic acids is 1. The summed E-state index contributed by atoms with van der Waals surface area (Å²) in [7, 11) is 0. The van der Waals surface area contributed by atoms with Gasteiger partial charge in [-0.3, -0.25) is 4.79 Å². The first kappa shape index (κ1) is 24.2. The molecule has 0 aliphatic heterocycles. The number of hydrogen-bond donors (Lipinski definition) is 1. The second kappa shape index (κ2) is 8.10. The van der Waals surface area contributed by atoms with Crippen LogP contribution < -0.4 is 0 Å². The third-order valence-electron chi connectivity index (χ3n) is 11.7. The first-order valence-electron chi connectivity index (χ1n) is 13.4. The number of allylic oxidation sites excluding steroid dienone is 3. The summed E-state index contributed by atoms with van der Waals surface area (Å²) in [6, 6.07) is 0. The molecule has 2 heteroatoms. The van der Waals surface area contributed by atoms with Crippen LogP contribution in [0, 0.1) is 45.3 Å². The van der Waals surface area contributed by atoms with E-state index in [1.165, 1.54) is 32.1 Å². The second-order valence-corrected chi connectivity index (χ2v) is 13.3. The molecule has 180 valence electrons. The van der Waals surface area contributed by atoms with E-state index in [-0.39, 0.29) is 17.4 Å². The fourth-order valence-electron chi connectivity index (χ4n) is 9.32. The summed E-state index contributed by atoms with van der Waals surface area (Å²) in [6.07, 6.45) is 15.5. The van der Waals surface area contributed by atoms with Crippen molar-refractivity contribution in [1.82, 2.24) is 0 Å². The molecular weight excluding hydrogens is 392 g/mol. The van der Waals surface area contributed by atoms with Crippen molar-refractivity contribution < 1.29 is 9.90 Å². The van der Waals surface area contributed by atoms with Gasteiger partial charge in [-0.1, -0.05) is 64.8 Å². The Bertz CT molecular complexity index is 819. The molecule has 7 atom stereocenters. The number of carbonyl (C=O) groups is 1. The maximum absolute atomic E-state index is 12.8. The minimum atomic E-state index is -0.177. The van der Waals surface area contributed by atoms with Crippen LogP contribution in [-0.4, -0.2) is 17.5 Å². The van der Waals surface area contributed by atoms with E-state index in [0.29, 0.717) is 28.4 Å². The van der Waals surface area contributed by atoms with Crippen molar-refractivity contribution >= 4 is 5.78 Å². The van der Waals surface area contributed by atoms with Crippen LogP contribution in [-0.2, 0) is 4.79 Å². The number of rotatable bonds is 5. The lowest BCUT2D eigenvalue weighted by atomic mass is 9.41. The van der Waals surface area contributed by atoms with Gasteiger partial charge in [0.25, 0.3) is 0 Å². The largest absolute Gasteiger partial charge is 0.392 e.